The molecule has 1 aromatic carbocycles. The first-order valence-corrected chi connectivity index (χ1v) is 6.69. The van der Waals surface area contributed by atoms with Gasteiger partial charge in [-0.05, 0) is 31.5 Å². The zero-order valence-electron chi connectivity index (χ0n) is 10.1. The van der Waals surface area contributed by atoms with Crippen LogP contribution in [-0.4, -0.2) is 32.4 Å². The number of benzene rings is 1. The molecule has 2 N–H and O–H groups in total. The highest BCUT2D eigenvalue weighted by molar-refractivity contribution is 7.89. The Morgan fingerprint density at radius 3 is 2.59 bits per heavy atom. The SMILES string of the molecule is Cc1ccc(F)c(S(=O)(=O)N(C)C(C)CN)c1. The lowest BCUT2D eigenvalue weighted by molar-refractivity contribution is 0.391. The molecule has 1 rings (SSSR count). The van der Waals surface area contributed by atoms with Gasteiger partial charge in [0.15, 0.2) is 0 Å². The second-order valence-electron chi connectivity index (χ2n) is 4.04. The molecular weight excluding hydrogens is 243 g/mol. The van der Waals surface area contributed by atoms with E-state index in [0.717, 1.165) is 10.4 Å². The minimum atomic E-state index is -3.83. The number of halogens is 1. The van der Waals surface area contributed by atoms with E-state index in [2.05, 4.69) is 0 Å². The maximum Gasteiger partial charge on any atom is 0.246 e. The normalized spacial score (nSPS) is 14.0. The maximum atomic E-state index is 13.6. The van der Waals surface area contributed by atoms with Crippen LogP contribution in [0.4, 0.5) is 4.39 Å². The molecule has 0 radical (unpaired) electrons. The minimum Gasteiger partial charge on any atom is -0.329 e. The molecule has 96 valence electrons. The van der Waals surface area contributed by atoms with Gasteiger partial charge in [-0.3, -0.25) is 0 Å². The molecule has 0 aliphatic rings. The van der Waals surface area contributed by atoms with Gasteiger partial charge in [-0.15, -0.1) is 0 Å². The topological polar surface area (TPSA) is 63.4 Å². The third-order valence-corrected chi connectivity index (χ3v) is 4.69. The molecule has 0 bridgehead atoms. The van der Waals surface area contributed by atoms with Gasteiger partial charge in [0.25, 0.3) is 0 Å². The van der Waals surface area contributed by atoms with Crippen LogP contribution in [0.25, 0.3) is 0 Å². The van der Waals surface area contributed by atoms with Crippen molar-refractivity contribution in [1.29, 1.82) is 0 Å². The number of rotatable bonds is 4. The predicted octanol–water partition coefficient (Wildman–Crippen LogP) is 1.10. The molecule has 1 aromatic rings. The van der Waals surface area contributed by atoms with Gasteiger partial charge < -0.3 is 5.73 Å². The van der Waals surface area contributed by atoms with Gasteiger partial charge in [0.1, 0.15) is 10.7 Å². The van der Waals surface area contributed by atoms with Crippen molar-refractivity contribution in [2.45, 2.75) is 24.8 Å². The Bertz CT molecular complexity index is 502. The predicted molar refractivity (Wildman–Crippen MR) is 64.6 cm³/mol. The number of aryl methyl sites for hydroxylation is 1. The standard InChI is InChI=1S/C11H17FN2O2S/c1-8-4-5-10(12)11(6-8)17(15,16)14(3)9(2)7-13/h4-6,9H,7,13H2,1-3H3. The molecule has 0 fully saturated rings. The molecule has 0 aromatic heterocycles. The van der Waals surface area contributed by atoms with Crippen LogP contribution in [0.2, 0.25) is 0 Å². The molecule has 0 spiro atoms. The summed E-state index contributed by atoms with van der Waals surface area (Å²) in [4.78, 5) is -0.305. The summed E-state index contributed by atoms with van der Waals surface area (Å²) in [5, 5.41) is 0. The quantitative estimate of drug-likeness (QED) is 0.881. The fraction of sp³-hybridized carbons (Fsp3) is 0.455. The highest BCUT2D eigenvalue weighted by Crippen LogP contribution is 2.20. The molecule has 1 unspecified atom stereocenters. The minimum absolute atomic E-state index is 0.184. The number of hydrogen-bond acceptors (Lipinski definition) is 3. The number of likely N-dealkylation sites (N-methyl/N-ethyl adjacent to an activating group) is 1. The second-order valence-corrected chi connectivity index (χ2v) is 6.01. The molecule has 4 nitrogen and oxygen atoms in total. The molecule has 17 heavy (non-hydrogen) atoms. The summed E-state index contributed by atoms with van der Waals surface area (Å²) in [6.45, 7) is 3.57. The van der Waals surface area contributed by atoms with E-state index >= 15 is 0 Å². The van der Waals surface area contributed by atoms with Gasteiger partial charge in [-0.1, -0.05) is 6.07 Å². The third kappa shape index (κ3) is 2.83. The van der Waals surface area contributed by atoms with Crippen LogP contribution < -0.4 is 5.73 Å². The number of sulfonamides is 1. The number of hydrogen-bond donors (Lipinski definition) is 1. The van der Waals surface area contributed by atoms with Gasteiger partial charge in [-0.25, -0.2) is 12.8 Å². The number of nitrogens with two attached hydrogens (primary N) is 1. The summed E-state index contributed by atoms with van der Waals surface area (Å²) in [7, 11) is -2.43. The van der Waals surface area contributed by atoms with Gasteiger partial charge in [-0.2, -0.15) is 4.31 Å². The molecule has 6 heteroatoms. The second kappa shape index (κ2) is 5.12. The summed E-state index contributed by atoms with van der Waals surface area (Å²) in [5.41, 5.74) is 6.11. The smallest absolute Gasteiger partial charge is 0.246 e. The molecule has 0 heterocycles. The van der Waals surface area contributed by atoms with E-state index in [9.17, 15) is 12.8 Å². The van der Waals surface area contributed by atoms with Crippen molar-refractivity contribution in [3.8, 4) is 0 Å². The van der Waals surface area contributed by atoms with Gasteiger partial charge in [0, 0.05) is 19.6 Å². The van der Waals surface area contributed by atoms with E-state index in [1.165, 1.54) is 19.2 Å². The summed E-state index contributed by atoms with van der Waals surface area (Å²) in [5.74, 6) is -0.744. The van der Waals surface area contributed by atoms with Crippen molar-refractivity contribution in [3.63, 3.8) is 0 Å². The van der Waals surface area contributed by atoms with Crippen LogP contribution in [0.1, 0.15) is 12.5 Å². The van der Waals surface area contributed by atoms with Crippen LogP contribution in [-0.2, 0) is 10.0 Å². The Kier molecular flexibility index (Phi) is 4.24. The monoisotopic (exact) mass is 260 g/mol. The van der Waals surface area contributed by atoms with Crippen molar-refractivity contribution in [2.75, 3.05) is 13.6 Å². The highest BCUT2D eigenvalue weighted by Gasteiger charge is 2.27. The summed E-state index contributed by atoms with van der Waals surface area (Å²) < 4.78 is 38.9. The van der Waals surface area contributed by atoms with Crippen molar-refractivity contribution in [3.05, 3.63) is 29.6 Å². The largest absolute Gasteiger partial charge is 0.329 e. The van der Waals surface area contributed by atoms with Crippen LogP contribution in [0.5, 0.6) is 0 Å². The molecule has 0 saturated carbocycles. The highest BCUT2D eigenvalue weighted by atomic mass is 32.2. The van der Waals surface area contributed by atoms with E-state index in [1.54, 1.807) is 13.8 Å². The molecule has 0 amide bonds. The van der Waals surface area contributed by atoms with Gasteiger partial charge in [0.05, 0.1) is 0 Å². The van der Waals surface area contributed by atoms with E-state index in [0.29, 0.717) is 5.56 Å². The van der Waals surface area contributed by atoms with Crippen molar-refractivity contribution >= 4 is 10.0 Å². The third-order valence-electron chi connectivity index (χ3n) is 2.71. The van der Waals surface area contributed by atoms with Crippen molar-refractivity contribution < 1.29 is 12.8 Å². The van der Waals surface area contributed by atoms with Gasteiger partial charge in [0.2, 0.25) is 10.0 Å². The van der Waals surface area contributed by atoms with Gasteiger partial charge >= 0.3 is 0 Å². The van der Waals surface area contributed by atoms with Crippen LogP contribution in [0.3, 0.4) is 0 Å². The number of nitrogens with zero attached hydrogens (tertiary/aromatic N) is 1. The lowest BCUT2D eigenvalue weighted by atomic mass is 10.2. The summed E-state index contributed by atoms with van der Waals surface area (Å²) in [6.07, 6.45) is 0. The Morgan fingerprint density at radius 1 is 1.47 bits per heavy atom. The zero-order chi connectivity index (χ0) is 13.2. The summed E-state index contributed by atoms with van der Waals surface area (Å²) >= 11 is 0. The molecule has 0 aliphatic heterocycles. The van der Waals surface area contributed by atoms with E-state index < -0.39 is 15.8 Å². The van der Waals surface area contributed by atoms with Crippen molar-refractivity contribution in [2.24, 2.45) is 5.73 Å². The van der Waals surface area contributed by atoms with E-state index in [1.807, 2.05) is 0 Å². The van der Waals surface area contributed by atoms with Crippen molar-refractivity contribution in [1.82, 2.24) is 4.31 Å². The van der Waals surface area contributed by atoms with Crippen LogP contribution >= 0.6 is 0 Å². The average Bonchev–Trinajstić information content (AvgIpc) is 2.30. The lowest BCUT2D eigenvalue weighted by Crippen LogP contribution is -2.40. The Morgan fingerprint density at radius 2 is 2.06 bits per heavy atom. The average molecular weight is 260 g/mol. The van der Waals surface area contributed by atoms with E-state index in [-0.39, 0.29) is 17.5 Å². The van der Waals surface area contributed by atoms with E-state index in [4.69, 9.17) is 5.73 Å². The Hall–Kier alpha value is -0.980. The molecular formula is C11H17FN2O2S. The first-order valence-electron chi connectivity index (χ1n) is 5.25. The molecule has 0 aliphatic carbocycles. The lowest BCUT2D eigenvalue weighted by Gasteiger charge is -2.23. The summed E-state index contributed by atoms with van der Waals surface area (Å²) in [6, 6.07) is 3.63. The first-order chi connectivity index (χ1) is 7.80. The maximum absolute atomic E-state index is 13.6. The zero-order valence-corrected chi connectivity index (χ0v) is 11.0. The molecule has 1 atom stereocenters. The Labute approximate surface area is 101 Å². The Balaban J connectivity index is 3.26. The van der Waals surface area contributed by atoms with Crippen LogP contribution in [0, 0.1) is 12.7 Å². The molecule has 0 saturated heterocycles. The fourth-order valence-corrected chi connectivity index (χ4v) is 2.87. The van der Waals surface area contributed by atoms with Crippen LogP contribution in [0.15, 0.2) is 23.1 Å². The fourth-order valence-electron chi connectivity index (χ4n) is 1.35. The first kappa shape index (κ1) is 14.1.